The predicted octanol–water partition coefficient (Wildman–Crippen LogP) is 1.36. The molecule has 2 amide bonds. The Morgan fingerprint density at radius 3 is 2.79 bits per heavy atom. The number of nitrogens with zero attached hydrogens (tertiary/aromatic N) is 1. The second-order valence-corrected chi connectivity index (χ2v) is 4.79. The van der Waals surface area contributed by atoms with Crippen LogP contribution in [0.4, 0.5) is 0 Å². The fourth-order valence-electron chi connectivity index (χ4n) is 2.42. The van der Waals surface area contributed by atoms with Gasteiger partial charge in [-0.3, -0.25) is 9.59 Å². The standard InChI is InChI=1S/C15H20N2O2/c1-2-14(18)17-10-6-9-16-15(19)13(17)11-12-7-4-3-5-8-12/h3-5,7-8,13H,2,6,9-11H2,1H3,(H,16,19)/t13-/m0/s1. The van der Waals surface area contributed by atoms with Crippen molar-refractivity contribution >= 4 is 11.8 Å². The van der Waals surface area contributed by atoms with Crippen molar-refractivity contribution in [3.05, 3.63) is 35.9 Å². The maximum absolute atomic E-state index is 12.1. The number of hydrogen-bond donors (Lipinski definition) is 1. The first kappa shape index (κ1) is 13.6. The Hall–Kier alpha value is -1.84. The second kappa shape index (κ2) is 6.36. The minimum atomic E-state index is -0.377. The Morgan fingerprint density at radius 1 is 1.37 bits per heavy atom. The van der Waals surface area contributed by atoms with Crippen molar-refractivity contribution in [2.75, 3.05) is 13.1 Å². The summed E-state index contributed by atoms with van der Waals surface area (Å²) in [5, 5.41) is 2.89. The van der Waals surface area contributed by atoms with Crippen LogP contribution in [0.3, 0.4) is 0 Å². The highest BCUT2D eigenvalue weighted by Crippen LogP contribution is 2.13. The van der Waals surface area contributed by atoms with Crippen molar-refractivity contribution in [3.8, 4) is 0 Å². The lowest BCUT2D eigenvalue weighted by molar-refractivity contribution is -0.139. The van der Waals surface area contributed by atoms with Gasteiger partial charge in [0.25, 0.3) is 0 Å². The van der Waals surface area contributed by atoms with Crippen LogP contribution in [-0.4, -0.2) is 35.8 Å². The summed E-state index contributed by atoms with van der Waals surface area (Å²) >= 11 is 0. The van der Waals surface area contributed by atoms with E-state index in [1.165, 1.54) is 0 Å². The van der Waals surface area contributed by atoms with Gasteiger partial charge in [0, 0.05) is 25.9 Å². The molecule has 19 heavy (non-hydrogen) atoms. The molecule has 1 N–H and O–H groups in total. The van der Waals surface area contributed by atoms with Gasteiger partial charge in [0.05, 0.1) is 0 Å². The number of hydrogen-bond acceptors (Lipinski definition) is 2. The molecule has 1 aromatic carbocycles. The monoisotopic (exact) mass is 260 g/mol. The quantitative estimate of drug-likeness (QED) is 0.892. The summed E-state index contributed by atoms with van der Waals surface area (Å²) in [5.41, 5.74) is 1.08. The molecule has 0 aromatic heterocycles. The van der Waals surface area contributed by atoms with E-state index in [2.05, 4.69) is 5.32 Å². The molecule has 1 atom stereocenters. The van der Waals surface area contributed by atoms with Crippen molar-refractivity contribution in [2.45, 2.75) is 32.2 Å². The molecule has 0 spiro atoms. The fraction of sp³-hybridized carbons (Fsp3) is 0.467. The van der Waals surface area contributed by atoms with Crippen LogP contribution < -0.4 is 5.32 Å². The molecule has 1 aliphatic heterocycles. The van der Waals surface area contributed by atoms with Gasteiger partial charge in [-0.25, -0.2) is 0 Å². The first-order chi connectivity index (χ1) is 9.22. The summed E-state index contributed by atoms with van der Waals surface area (Å²) in [7, 11) is 0. The maximum Gasteiger partial charge on any atom is 0.243 e. The van der Waals surface area contributed by atoms with Gasteiger partial charge in [-0.2, -0.15) is 0 Å². The van der Waals surface area contributed by atoms with Crippen LogP contribution in [-0.2, 0) is 16.0 Å². The summed E-state index contributed by atoms with van der Waals surface area (Å²) < 4.78 is 0. The van der Waals surface area contributed by atoms with Crippen LogP contribution in [0.15, 0.2) is 30.3 Å². The molecule has 0 aliphatic carbocycles. The van der Waals surface area contributed by atoms with Crippen LogP contribution >= 0.6 is 0 Å². The van der Waals surface area contributed by atoms with E-state index in [4.69, 9.17) is 0 Å². The van der Waals surface area contributed by atoms with Gasteiger partial charge in [0.2, 0.25) is 11.8 Å². The van der Waals surface area contributed by atoms with E-state index in [9.17, 15) is 9.59 Å². The van der Waals surface area contributed by atoms with Crippen molar-refractivity contribution in [2.24, 2.45) is 0 Å². The minimum absolute atomic E-state index is 0.0387. The van der Waals surface area contributed by atoms with E-state index >= 15 is 0 Å². The maximum atomic E-state index is 12.1. The molecule has 0 bridgehead atoms. The number of rotatable bonds is 3. The lowest BCUT2D eigenvalue weighted by Gasteiger charge is -2.28. The Balaban J connectivity index is 2.19. The summed E-state index contributed by atoms with van der Waals surface area (Å²) in [6.45, 7) is 3.14. The number of nitrogens with one attached hydrogen (secondary N) is 1. The normalized spacial score (nSPS) is 19.7. The van der Waals surface area contributed by atoms with Crippen LogP contribution in [0.5, 0.6) is 0 Å². The van der Waals surface area contributed by atoms with Crippen molar-refractivity contribution in [1.29, 1.82) is 0 Å². The Kier molecular flexibility index (Phi) is 4.55. The van der Waals surface area contributed by atoms with Gasteiger partial charge in [-0.15, -0.1) is 0 Å². The molecular weight excluding hydrogens is 240 g/mol. The van der Waals surface area contributed by atoms with Gasteiger partial charge < -0.3 is 10.2 Å². The SMILES string of the molecule is CCC(=O)N1CCCNC(=O)[C@@H]1Cc1ccccc1. The zero-order chi connectivity index (χ0) is 13.7. The zero-order valence-electron chi connectivity index (χ0n) is 11.3. The van der Waals surface area contributed by atoms with Crippen molar-refractivity contribution < 1.29 is 9.59 Å². The van der Waals surface area contributed by atoms with E-state index in [1.807, 2.05) is 37.3 Å². The molecule has 1 heterocycles. The predicted molar refractivity (Wildman–Crippen MR) is 73.6 cm³/mol. The van der Waals surface area contributed by atoms with Crippen LogP contribution in [0, 0.1) is 0 Å². The summed E-state index contributed by atoms with van der Waals surface area (Å²) in [6, 6.07) is 9.47. The first-order valence-corrected chi connectivity index (χ1v) is 6.83. The molecule has 2 rings (SSSR count). The summed E-state index contributed by atoms with van der Waals surface area (Å²) in [5.74, 6) is 0.0149. The van der Waals surface area contributed by atoms with E-state index < -0.39 is 0 Å². The molecule has 0 saturated carbocycles. The van der Waals surface area contributed by atoms with E-state index in [-0.39, 0.29) is 17.9 Å². The molecule has 4 nitrogen and oxygen atoms in total. The third-order valence-corrected chi connectivity index (χ3v) is 3.45. The Labute approximate surface area is 113 Å². The number of amides is 2. The highest BCUT2D eigenvalue weighted by molar-refractivity contribution is 5.88. The second-order valence-electron chi connectivity index (χ2n) is 4.79. The molecule has 1 aromatic rings. The van der Waals surface area contributed by atoms with Crippen LogP contribution in [0.25, 0.3) is 0 Å². The average molecular weight is 260 g/mol. The topological polar surface area (TPSA) is 49.4 Å². The molecule has 0 radical (unpaired) electrons. The minimum Gasteiger partial charge on any atom is -0.354 e. The highest BCUT2D eigenvalue weighted by atomic mass is 16.2. The lowest BCUT2D eigenvalue weighted by Crippen LogP contribution is -2.48. The molecule has 1 aliphatic rings. The third-order valence-electron chi connectivity index (χ3n) is 3.45. The van der Waals surface area contributed by atoms with Gasteiger partial charge >= 0.3 is 0 Å². The number of carbonyl (C=O) groups excluding carboxylic acids is 2. The fourth-order valence-corrected chi connectivity index (χ4v) is 2.42. The molecular formula is C15H20N2O2. The van der Waals surface area contributed by atoms with Gasteiger partial charge in [-0.05, 0) is 12.0 Å². The average Bonchev–Trinajstić information content (AvgIpc) is 2.62. The zero-order valence-corrected chi connectivity index (χ0v) is 11.3. The van der Waals surface area contributed by atoms with Crippen molar-refractivity contribution in [3.63, 3.8) is 0 Å². The molecule has 4 heteroatoms. The molecule has 102 valence electrons. The summed E-state index contributed by atoms with van der Waals surface area (Å²) in [6.07, 6.45) is 1.85. The molecule has 1 fully saturated rings. The van der Waals surface area contributed by atoms with Gasteiger partial charge in [0.1, 0.15) is 6.04 Å². The van der Waals surface area contributed by atoms with E-state index in [0.717, 1.165) is 12.0 Å². The number of carbonyl (C=O) groups is 2. The lowest BCUT2D eigenvalue weighted by atomic mass is 10.0. The molecule has 0 unspecified atom stereocenters. The highest BCUT2D eigenvalue weighted by Gasteiger charge is 2.30. The largest absolute Gasteiger partial charge is 0.354 e. The summed E-state index contributed by atoms with van der Waals surface area (Å²) in [4.78, 5) is 25.9. The van der Waals surface area contributed by atoms with Gasteiger partial charge in [0.15, 0.2) is 0 Å². The number of benzene rings is 1. The third kappa shape index (κ3) is 3.34. The van der Waals surface area contributed by atoms with E-state index in [1.54, 1.807) is 4.90 Å². The smallest absolute Gasteiger partial charge is 0.243 e. The Bertz CT molecular complexity index is 445. The van der Waals surface area contributed by atoms with E-state index in [0.29, 0.717) is 25.9 Å². The van der Waals surface area contributed by atoms with Gasteiger partial charge in [-0.1, -0.05) is 37.3 Å². The molecule has 1 saturated heterocycles. The first-order valence-electron chi connectivity index (χ1n) is 6.83. The van der Waals surface area contributed by atoms with Crippen molar-refractivity contribution in [1.82, 2.24) is 10.2 Å². The Morgan fingerprint density at radius 2 is 2.11 bits per heavy atom. The van der Waals surface area contributed by atoms with Crippen LogP contribution in [0.1, 0.15) is 25.3 Å². The van der Waals surface area contributed by atoms with Crippen LogP contribution in [0.2, 0.25) is 0 Å².